The van der Waals surface area contributed by atoms with Gasteiger partial charge >= 0.3 is 0 Å². The monoisotopic (exact) mass is 413 g/mol. The number of sulfonamides is 1. The minimum Gasteiger partial charge on any atom is -0.338 e. The van der Waals surface area contributed by atoms with Crippen molar-refractivity contribution >= 4 is 27.0 Å². The maximum atomic E-state index is 12.7. The van der Waals surface area contributed by atoms with Crippen LogP contribution in [0, 0.1) is 0 Å². The van der Waals surface area contributed by atoms with Crippen LogP contribution in [0.2, 0.25) is 0 Å². The molecule has 0 saturated heterocycles. The molecule has 1 aromatic heterocycles. The van der Waals surface area contributed by atoms with Crippen molar-refractivity contribution in [1.29, 1.82) is 0 Å². The molecule has 8 nitrogen and oxygen atoms in total. The second-order valence-electron chi connectivity index (χ2n) is 7.33. The quantitative estimate of drug-likeness (QED) is 0.635. The molecule has 1 aliphatic rings. The number of hydrogen-bond donors (Lipinski definition) is 0. The van der Waals surface area contributed by atoms with Crippen molar-refractivity contribution in [3.05, 3.63) is 53.6 Å². The lowest BCUT2D eigenvalue weighted by Crippen LogP contribution is -2.36. The van der Waals surface area contributed by atoms with E-state index >= 15 is 0 Å². The maximum Gasteiger partial charge on any atom is 0.242 e. The molecule has 0 radical (unpaired) electrons. The summed E-state index contributed by atoms with van der Waals surface area (Å²) in [6.07, 6.45) is 1.19. The van der Waals surface area contributed by atoms with Crippen LogP contribution in [0.5, 0.6) is 0 Å². The Balaban J connectivity index is 1.46. The fourth-order valence-electron chi connectivity index (χ4n) is 3.56. The van der Waals surface area contributed by atoms with E-state index < -0.39 is 10.0 Å². The lowest BCUT2D eigenvalue weighted by Gasteiger charge is -2.29. The number of hydrogen-bond acceptors (Lipinski definition) is 5. The van der Waals surface area contributed by atoms with E-state index in [0.717, 1.165) is 17.3 Å². The van der Waals surface area contributed by atoms with Gasteiger partial charge in [-0.3, -0.25) is 4.79 Å². The second kappa shape index (κ2) is 7.57. The first-order valence-electron chi connectivity index (χ1n) is 9.46. The summed E-state index contributed by atoms with van der Waals surface area (Å²) in [5, 5.41) is 8.18. The molecular weight excluding hydrogens is 390 g/mol. The first kappa shape index (κ1) is 19.5. The molecule has 0 spiro atoms. The van der Waals surface area contributed by atoms with Crippen LogP contribution < -0.4 is 0 Å². The molecule has 0 N–H and O–H groups in total. The van der Waals surface area contributed by atoms with Crippen molar-refractivity contribution < 1.29 is 13.2 Å². The molecule has 0 bridgehead atoms. The van der Waals surface area contributed by atoms with E-state index in [1.165, 1.54) is 31.3 Å². The third-order valence-electron chi connectivity index (χ3n) is 5.28. The summed E-state index contributed by atoms with van der Waals surface area (Å²) < 4.78 is 27.4. The van der Waals surface area contributed by atoms with Crippen LogP contribution in [0.3, 0.4) is 0 Å². The third-order valence-corrected chi connectivity index (χ3v) is 7.10. The van der Waals surface area contributed by atoms with Gasteiger partial charge in [0.25, 0.3) is 0 Å². The number of benzene rings is 2. The number of aryl methyl sites for hydroxylation is 1. The van der Waals surface area contributed by atoms with Crippen LogP contribution in [0.1, 0.15) is 17.5 Å². The zero-order chi connectivity index (χ0) is 20.6. The maximum absolute atomic E-state index is 12.7. The summed E-state index contributed by atoms with van der Waals surface area (Å²) in [7, 11) is -0.554. The van der Waals surface area contributed by atoms with Crippen molar-refractivity contribution in [2.75, 3.05) is 20.6 Å². The van der Waals surface area contributed by atoms with E-state index in [-0.39, 0.29) is 10.8 Å². The number of nitrogens with zero attached hydrogens (tertiary/aromatic N) is 5. The Morgan fingerprint density at radius 1 is 1.14 bits per heavy atom. The Kier molecular flexibility index (Phi) is 5.10. The minimum absolute atomic E-state index is 0.0787. The molecule has 29 heavy (non-hydrogen) atoms. The van der Waals surface area contributed by atoms with Crippen molar-refractivity contribution in [2.24, 2.45) is 0 Å². The van der Waals surface area contributed by atoms with Crippen LogP contribution in [-0.4, -0.2) is 59.2 Å². The average Bonchev–Trinajstić information content (AvgIpc) is 3.13. The van der Waals surface area contributed by atoms with Gasteiger partial charge in [-0.2, -0.15) is 0 Å². The van der Waals surface area contributed by atoms with Gasteiger partial charge in [0.1, 0.15) is 5.52 Å². The SMILES string of the molecule is CN(C)S(=O)(=O)c1ccc2c(c1)nnn2CCC(=O)N1CCc2ccccc2C1. The Hall–Kier alpha value is -2.78. The Morgan fingerprint density at radius 3 is 2.66 bits per heavy atom. The number of carbonyl (C=O) groups is 1. The molecule has 1 amide bonds. The fraction of sp³-hybridized carbons (Fsp3) is 0.350. The number of aromatic nitrogens is 3. The lowest BCUT2D eigenvalue weighted by atomic mass is 10.00. The van der Waals surface area contributed by atoms with Gasteiger partial charge in [0.2, 0.25) is 15.9 Å². The molecule has 2 heterocycles. The van der Waals surface area contributed by atoms with E-state index in [0.29, 0.717) is 30.5 Å². The lowest BCUT2D eigenvalue weighted by molar-refractivity contribution is -0.132. The molecule has 1 aliphatic heterocycles. The predicted molar refractivity (Wildman–Crippen MR) is 109 cm³/mol. The molecule has 3 aromatic rings. The molecule has 2 aromatic carbocycles. The van der Waals surface area contributed by atoms with Crippen LogP contribution in [0.4, 0.5) is 0 Å². The van der Waals surface area contributed by atoms with E-state index in [9.17, 15) is 13.2 Å². The number of fused-ring (bicyclic) bond motifs is 2. The zero-order valence-corrected chi connectivity index (χ0v) is 17.3. The molecule has 9 heteroatoms. The van der Waals surface area contributed by atoms with Gasteiger partial charge in [-0.15, -0.1) is 5.10 Å². The molecule has 0 aliphatic carbocycles. The first-order chi connectivity index (χ1) is 13.9. The van der Waals surface area contributed by atoms with Gasteiger partial charge in [-0.25, -0.2) is 17.4 Å². The van der Waals surface area contributed by atoms with Crippen LogP contribution in [0.15, 0.2) is 47.4 Å². The fourth-order valence-corrected chi connectivity index (χ4v) is 4.48. The van der Waals surface area contributed by atoms with Gasteiger partial charge in [0.15, 0.2) is 0 Å². The summed E-state index contributed by atoms with van der Waals surface area (Å²) >= 11 is 0. The smallest absolute Gasteiger partial charge is 0.242 e. The summed E-state index contributed by atoms with van der Waals surface area (Å²) in [4.78, 5) is 14.7. The van der Waals surface area contributed by atoms with E-state index in [2.05, 4.69) is 22.4 Å². The van der Waals surface area contributed by atoms with Crippen LogP contribution >= 0.6 is 0 Å². The molecule has 0 unspecified atom stereocenters. The number of carbonyl (C=O) groups excluding carboxylic acids is 1. The third kappa shape index (κ3) is 3.75. The molecular formula is C20H23N5O3S. The average molecular weight is 414 g/mol. The number of amides is 1. The molecule has 0 fully saturated rings. The van der Waals surface area contributed by atoms with Gasteiger partial charge in [0, 0.05) is 33.6 Å². The van der Waals surface area contributed by atoms with Crippen molar-refractivity contribution in [3.8, 4) is 0 Å². The molecule has 0 atom stereocenters. The predicted octanol–water partition coefficient (Wildman–Crippen LogP) is 1.66. The van der Waals surface area contributed by atoms with Gasteiger partial charge in [-0.05, 0) is 35.7 Å². The van der Waals surface area contributed by atoms with Crippen LogP contribution in [0.25, 0.3) is 11.0 Å². The van der Waals surface area contributed by atoms with Gasteiger partial charge in [-0.1, -0.05) is 29.5 Å². The summed E-state index contributed by atoms with van der Waals surface area (Å²) in [6.45, 7) is 1.76. The molecule has 152 valence electrons. The van der Waals surface area contributed by atoms with E-state index in [1.54, 1.807) is 16.8 Å². The molecule has 0 saturated carbocycles. The standard InChI is InChI=1S/C20H23N5O3S/c1-23(2)29(27,28)17-7-8-19-18(13-17)21-22-25(19)12-10-20(26)24-11-9-15-5-3-4-6-16(15)14-24/h3-8,13H,9-12,14H2,1-2H3. The highest BCUT2D eigenvalue weighted by Gasteiger charge is 2.21. The molecule has 4 rings (SSSR count). The van der Waals surface area contributed by atoms with E-state index in [4.69, 9.17) is 0 Å². The highest BCUT2D eigenvalue weighted by molar-refractivity contribution is 7.89. The topological polar surface area (TPSA) is 88.4 Å². The summed E-state index contributed by atoms with van der Waals surface area (Å²) in [6, 6.07) is 13.0. The summed E-state index contributed by atoms with van der Waals surface area (Å²) in [5.74, 6) is 0.0787. The van der Waals surface area contributed by atoms with Gasteiger partial charge < -0.3 is 4.90 Å². The van der Waals surface area contributed by atoms with Crippen molar-refractivity contribution in [1.82, 2.24) is 24.2 Å². The second-order valence-corrected chi connectivity index (χ2v) is 9.49. The highest BCUT2D eigenvalue weighted by Crippen LogP contribution is 2.21. The van der Waals surface area contributed by atoms with E-state index in [1.807, 2.05) is 17.0 Å². The first-order valence-corrected chi connectivity index (χ1v) is 10.9. The largest absolute Gasteiger partial charge is 0.338 e. The highest BCUT2D eigenvalue weighted by atomic mass is 32.2. The van der Waals surface area contributed by atoms with Crippen LogP contribution in [-0.2, 0) is 34.3 Å². The Morgan fingerprint density at radius 2 is 1.90 bits per heavy atom. The van der Waals surface area contributed by atoms with Gasteiger partial charge in [0.05, 0.1) is 17.0 Å². The van der Waals surface area contributed by atoms with Crippen molar-refractivity contribution in [2.45, 2.75) is 30.8 Å². The Bertz CT molecular complexity index is 1170. The van der Waals surface area contributed by atoms with Crippen molar-refractivity contribution in [3.63, 3.8) is 0 Å². The minimum atomic E-state index is -3.53. The normalized spacial score (nSPS) is 14.4. The zero-order valence-electron chi connectivity index (χ0n) is 16.4. The number of rotatable bonds is 5. The Labute approximate surface area is 169 Å². The summed E-state index contributed by atoms with van der Waals surface area (Å²) in [5.41, 5.74) is 3.71.